The van der Waals surface area contributed by atoms with E-state index >= 15 is 0 Å². The lowest BCUT2D eigenvalue weighted by Gasteiger charge is -2.09. The Morgan fingerprint density at radius 3 is 2.82 bits per heavy atom. The van der Waals surface area contributed by atoms with Crippen molar-refractivity contribution >= 4 is 32.9 Å². The Morgan fingerprint density at radius 2 is 2.09 bits per heavy atom. The lowest BCUT2D eigenvalue weighted by Crippen LogP contribution is -2.03. The molecule has 0 aliphatic carbocycles. The second kappa shape index (κ2) is 2.85. The zero-order valence-electron chi connectivity index (χ0n) is 6.04. The second-order valence-electron chi connectivity index (χ2n) is 2.72. The Hall–Kier alpha value is 0.0838. The molecule has 52 valence electrons. The maximum atomic E-state index is 3.77. The Bertz CT molecular complexity index is 275. The first-order valence-corrected chi connectivity index (χ1v) is 6.91. The molecule has 1 aromatic carbocycles. The highest BCUT2D eigenvalue weighted by atomic mass is 31.4. The molecule has 0 spiro atoms. The van der Waals surface area contributed by atoms with Gasteiger partial charge >= 0.3 is 0 Å². The maximum absolute atomic E-state index is 3.77. The standard InChI is InChI=1S/C8H7PSi2/c10-8-5-6-3-1-2-4-7(6)9(8)11/h1-4,8H,5H2. The highest BCUT2D eigenvalue weighted by Crippen LogP contribution is 2.41. The summed E-state index contributed by atoms with van der Waals surface area (Å²) in [6.07, 6.45) is 1.17. The Kier molecular flexibility index (Phi) is 2.00. The van der Waals surface area contributed by atoms with Crippen LogP contribution in [-0.4, -0.2) is 25.4 Å². The summed E-state index contributed by atoms with van der Waals surface area (Å²) in [5.74, 6) is 0. The van der Waals surface area contributed by atoms with E-state index in [2.05, 4.69) is 44.4 Å². The van der Waals surface area contributed by atoms with Crippen LogP contribution in [0.4, 0.5) is 0 Å². The maximum Gasteiger partial charge on any atom is 0.0719 e. The molecule has 1 aliphatic heterocycles. The van der Waals surface area contributed by atoms with Crippen molar-refractivity contribution in [3.63, 3.8) is 0 Å². The number of rotatable bonds is 0. The SMILES string of the molecule is [Si]C1Cc2ccccc2P1[Si]. The first-order chi connectivity index (χ1) is 5.29. The van der Waals surface area contributed by atoms with Gasteiger partial charge in [-0.15, -0.1) is 0 Å². The second-order valence-corrected chi connectivity index (χ2v) is 7.19. The molecule has 0 aromatic heterocycles. The minimum absolute atomic E-state index is 0.123. The molecule has 2 unspecified atom stereocenters. The van der Waals surface area contributed by atoms with Crippen molar-refractivity contribution < 1.29 is 0 Å². The van der Waals surface area contributed by atoms with E-state index in [1.165, 1.54) is 17.3 Å². The summed E-state index contributed by atoms with van der Waals surface area (Å²) in [5.41, 5.74) is 1.49. The molecule has 0 N–H and O–H groups in total. The van der Waals surface area contributed by atoms with Crippen LogP contribution in [0.1, 0.15) is 5.56 Å². The van der Waals surface area contributed by atoms with Crippen LogP contribution in [0, 0.1) is 0 Å². The third-order valence-electron chi connectivity index (χ3n) is 1.98. The number of hydrogen-bond acceptors (Lipinski definition) is 0. The molecule has 0 saturated heterocycles. The molecule has 3 heteroatoms. The fourth-order valence-electron chi connectivity index (χ4n) is 1.39. The third kappa shape index (κ3) is 1.24. The van der Waals surface area contributed by atoms with Gasteiger partial charge < -0.3 is 0 Å². The lowest BCUT2D eigenvalue weighted by atomic mass is 10.2. The van der Waals surface area contributed by atoms with Gasteiger partial charge in [0.2, 0.25) is 0 Å². The molecule has 1 heterocycles. The summed E-state index contributed by atoms with van der Waals surface area (Å²) in [6.45, 7) is 0. The average molecular weight is 190 g/mol. The third-order valence-corrected chi connectivity index (χ3v) is 7.15. The number of benzene rings is 1. The Balaban J connectivity index is 2.47. The van der Waals surface area contributed by atoms with E-state index in [0.29, 0.717) is 5.28 Å². The molecule has 0 saturated carbocycles. The lowest BCUT2D eigenvalue weighted by molar-refractivity contribution is 1.13. The van der Waals surface area contributed by atoms with E-state index < -0.39 is 0 Å². The zero-order chi connectivity index (χ0) is 7.84. The summed E-state index contributed by atoms with van der Waals surface area (Å²) in [6, 6.07) is 8.65. The fraction of sp³-hybridized carbons (Fsp3) is 0.250. The van der Waals surface area contributed by atoms with Crippen molar-refractivity contribution in [2.45, 2.75) is 11.7 Å². The number of hydrogen-bond donors (Lipinski definition) is 0. The van der Waals surface area contributed by atoms with Gasteiger partial charge in [0, 0.05) is 10.2 Å². The van der Waals surface area contributed by atoms with Crippen LogP contribution < -0.4 is 5.30 Å². The molecule has 0 nitrogen and oxygen atoms in total. The normalized spacial score (nSPS) is 28.5. The molecule has 0 fully saturated rings. The quantitative estimate of drug-likeness (QED) is 0.422. The first-order valence-electron chi connectivity index (χ1n) is 3.58. The summed E-state index contributed by atoms with van der Waals surface area (Å²) < 4.78 is 0. The summed E-state index contributed by atoms with van der Waals surface area (Å²) in [5, 5.41) is 2.12. The van der Waals surface area contributed by atoms with Crippen LogP contribution in [-0.2, 0) is 6.42 Å². The van der Waals surface area contributed by atoms with Gasteiger partial charge in [0.1, 0.15) is 0 Å². The van der Waals surface area contributed by atoms with E-state index in [1.807, 2.05) is 0 Å². The van der Waals surface area contributed by atoms with Gasteiger partial charge in [-0.3, -0.25) is 0 Å². The molecule has 1 aliphatic rings. The van der Waals surface area contributed by atoms with E-state index in [9.17, 15) is 0 Å². The van der Waals surface area contributed by atoms with E-state index in [1.54, 1.807) is 0 Å². The first kappa shape index (κ1) is 7.72. The highest BCUT2D eigenvalue weighted by molar-refractivity contribution is 7.90. The van der Waals surface area contributed by atoms with Gasteiger partial charge in [-0.2, -0.15) is 0 Å². The van der Waals surface area contributed by atoms with E-state index in [0.717, 1.165) is 0 Å². The van der Waals surface area contributed by atoms with Crippen LogP contribution in [0.2, 0.25) is 0 Å². The van der Waals surface area contributed by atoms with Crippen LogP contribution in [0.3, 0.4) is 0 Å². The van der Waals surface area contributed by atoms with Crippen LogP contribution >= 0.6 is 7.47 Å². The van der Waals surface area contributed by atoms with Gasteiger partial charge in [-0.05, 0) is 22.6 Å². The molecule has 11 heavy (non-hydrogen) atoms. The molecular formula is C8H7PSi2. The predicted molar refractivity (Wildman–Crippen MR) is 52.0 cm³/mol. The predicted octanol–water partition coefficient (Wildman–Crippen LogP) is 0.928. The van der Waals surface area contributed by atoms with Crippen molar-refractivity contribution in [3.05, 3.63) is 29.8 Å². The van der Waals surface area contributed by atoms with Crippen LogP contribution in [0.5, 0.6) is 0 Å². The van der Waals surface area contributed by atoms with Crippen molar-refractivity contribution in [2.24, 2.45) is 0 Å². The smallest absolute Gasteiger partial charge is 0.0719 e. The molecule has 1 aromatic rings. The monoisotopic (exact) mass is 190 g/mol. The molecule has 2 atom stereocenters. The van der Waals surface area contributed by atoms with E-state index in [4.69, 9.17) is 0 Å². The molecule has 6 radical (unpaired) electrons. The van der Waals surface area contributed by atoms with Crippen LogP contribution in [0.25, 0.3) is 0 Å². The highest BCUT2D eigenvalue weighted by Gasteiger charge is 2.23. The van der Waals surface area contributed by atoms with E-state index in [-0.39, 0.29) is 7.47 Å². The van der Waals surface area contributed by atoms with Crippen molar-refractivity contribution in [2.75, 3.05) is 0 Å². The summed E-state index contributed by atoms with van der Waals surface area (Å²) >= 11 is 0. The molecular weight excluding hydrogens is 183 g/mol. The fourth-order valence-corrected chi connectivity index (χ4v) is 4.39. The average Bonchev–Trinajstić information content (AvgIpc) is 2.30. The zero-order valence-corrected chi connectivity index (χ0v) is 8.94. The number of fused-ring (bicyclic) bond motifs is 1. The van der Waals surface area contributed by atoms with Gasteiger partial charge in [0.25, 0.3) is 0 Å². The van der Waals surface area contributed by atoms with Gasteiger partial charge in [0.15, 0.2) is 0 Å². The van der Waals surface area contributed by atoms with Gasteiger partial charge in [0.05, 0.1) is 9.91 Å². The summed E-state index contributed by atoms with van der Waals surface area (Å²) in [7, 11) is 7.36. The van der Waals surface area contributed by atoms with Gasteiger partial charge in [-0.1, -0.05) is 31.7 Å². The minimum atomic E-state index is -0.123. The molecule has 2 rings (SSSR count). The van der Waals surface area contributed by atoms with Crippen molar-refractivity contribution in [3.8, 4) is 0 Å². The van der Waals surface area contributed by atoms with Crippen molar-refractivity contribution in [1.82, 2.24) is 0 Å². The van der Waals surface area contributed by atoms with Crippen molar-refractivity contribution in [1.29, 1.82) is 0 Å². The van der Waals surface area contributed by atoms with Gasteiger partial charge in [-0.25, -0.2) is 0 Å². The minimum Gasteiger partial charge on any atom is -0.0954 e. The Labute approximate surface area is 74.8 Å². The van der Waals surface area contributed by atoms with Crippen LogP contribution in [0.15, 0.2) is 24.3 Å². The topological polar surface area (TPSA) is 0 Å². The summed E-state index contributed by atoms with van der Waals surface area (Å²) in [4.78, 5) is 0. The molecule has 0 amide bonds. The molecule has 0 bridgehead atoms. The largest absolute Gasteiger partial charge is 0.0954 e. The Morgan fingerprint density at radius 1 is 1.36 bits per heavy atom.